The van der Waals surface area contributed by atoms with E-state index in [1.54, 1.807) is 32.1 Å². The third-order valence-electron chi connectivity index (χ3n) is 4.12. The first kappa shape index (κ1) is 18.7. The molecule has 0 aliphatic rings. The smallest absolute Gasteiger partial charge is 0.197 e. The summed E-state index contributed by atoms with van der Waals surface area (Å²) in [5, 5.41) is 10.4. The van der Waals surface area contributed by atoms with Gasteiger partial charge in [-0.05, 0) is 19.9 Å². The second kappa shape index (κ2) is 7.29. The number of hydrogen-bond acceptors (Lipinski definition) is 5. The highest BCUT2D eigenvalue weighted by atomic mass is 16.5. The van der Waals surface area contributed by atoms with Crippen molar-refractivity contribution >= 4 is 17.0 Å². The first-order valence-corrected chi connectivity index (χ1v) is 8.54. The van der Waals surface area contributed by atoms with Crippen LogP contribution in [0, 0.1) is 0 Å². The van der Waals surface area contributed by atoms with Gasteiger partial charge in [-0.2, -0.15) is 0 Å². The minimum Gasteiger partial charge on any atom is -0.496 e. The average Bonchev–Trinajstić information content (AvgIpc) is 2.65. The van der Waals surface area contributed by atoms with Gasteiger partial charge in [0.15, 0.2) is 11.0 Å². The largest absolute Gasteiger partial charge is 0.496 e. The Bertz CT molecular complexity index is 1040. The van der Waals surface area contributed by atoms with Gasteiger partial charge in [0.05, 0.1) is 25.4 Å². The number of benzene rings is 2. The van der Waals surface area contributed by atoms with Gasteiger partial charge < -0.3 is 19.0 Å². The van der Waals surface area contributed by atoms with Gasteiger partial charge in [-0.1, -0.05) is 36.4 Å². The third-order valence-corrected chi connectivity index (χ3v) is 4.12. The molecule has 0 radical (unpaired) electrons. The zero-order valence-corrected chi connectivity index (χ0v) is 15.8. The molecule has 27 heavy (non-hydrogen) atoms. The van der Waals surface area contributed by atoms with Crippen LogP contribution in [0.5, 0.6) is 11.5 Å². The van der Waals surface area contributed by atoms with Crippen LogP contribution in [0.2, 0.25) is 0 Å². The Hall–Kier alpha value is -3.05. The van der Waals surface area contributed by atoms with Gasteiger partial charge in [-0.3, -0.25) is 4.79 Å². The number of methoxy groups -OCH3 is 2. The lowest BCUT2D eigenvalue weighted by Gasteiger charge is -2.15. The summed E-state index contributed by atoms with van der Waals surface area (Å²) in [6.07, 6.45) is 3.31. The molecule has 0 fully saturated rings. The van der Waals surface area contributed by atoms with Crippen molar-refractivity contribution in [2.45, 2.75) is 19.4 Å². The molecule has 0 saturated carbocycles. The van der Waals surface area contributed by atoms with E-state index in [-0.39, 0.29) is 5.43 Å². The Labute approximate surface area is 157 Å². The second-order valence-electron chi connectivity index (χ2n) is 6.73. The van der Waals surface area contributed by atoms with Crippen molar-refractivity contribution in [1.29, 1.82) is 0 Å². The van der Waals surface area contributed by atoms with E-state index in [4.69, 9.17) is 13.9 Å². The maximum atomic E-state index is 12.9. The van der Waals surface area contributed by atoms with E-state index in [0.717, 1.165) is 5.56 Å². The van der Waals surface area contributed by atoms with E-state index >= 15 is 0 Å². The summed E-state index contributed by atoms with van der Waals surface area (Å²) in [6, 6.07) is 12.5. The third kappa shape index (κ3) is 3.88. The number of ether oxygens (including phenoxy) is 2. The van der Waals surface area contributed by atoms with Crippen LogP contribution in [0.3, 0.4) is 0 Å². The van der Waals surface area contributed by atoms with Crippen LogP contribution in [0.4, 0.5) is 0 Å². The SMILES string of the molecule is COc1cc(OC)c2c(=O)cc(-c3ccccc3)oc2c1/C=C/C(C)(C)O. The van der Waals surface area contributed by atoms with E-state index in [1.165, 1.54) is 20.3 Å². The Morgan fingerprint density at radius 3 is 2.30 bits per heavy atom. The van der Waals surface area contributed by atoms with E-state index < -0.39 is 5.60 Å². The van der Waals surface area contributed by atoms with Crippen molar-refractivity contribution in [3.63, 3.8) is 0 Å². The van der Waals surface area contributed by atoms with Crippen molar-refractivity contribution in [3.8, 4) is 22.8 Å². The number of aliphatic hydroxyl groups is 1. The normalized spacial score (nSPS) is 11.9. The van der Waals surface area contributed by atoms with Crippen molar-refractivity contribution in [2.75, 3.05) is 14.2 Å². The number of rotatable bonds is 5. The Kier molecular flexibility index (Phi) is 5.06. The van der Waals surface area contributed by atoms with Crippen LogP contribution in [0.1, 0.15) is 19.4 Å². The topological polar surface area (TPSA) is 68.9 Å². The van der Waals surface area contributed by atoms with E-state index in [1.807, 2.05) is 30.3 Å². The Morgan fingerprint density at radius 1 is 1.04 bits per heavy atom. The molecular weight excluding hydrogens is 344 g/mol. The molecule has 3 rings (SSSR count). The summed E-state index contributed by atoms with van der Waals surface area (Å²) >= 11 is 0. The predicted molar refractivity (Wildman–Crippen MR) is 106 cm³/mol. The molecule has 1 N–H and O–H groups in total. The van der Waals surface area contributed by atoms with Crippen LogP contribution < -0.4 is 14.9 Å². The van der Waals surface area contributed by atoms with Crippen molar-refractivity contribution < 1.29 is 19.0 Å². The quantitative estimate of drug-likeness (QED) is 0.731. The van der Waals surface area contributed by atoms with Gasteiger partial charge in [0.1, 0.15) is 22.6 Å². The molecule has 140 valence electrons. The zero-order chi connectivity index (χ0) is 19.6. The average molecular weight is 366 g/mol. The number of fused-ring (bicyclic) bond motifs is 1. The molecular formula is C22H22O5. The van der Waals surface area contributed by atoms with Crippen molar-refractivity contribution in [1.82, 2.24) is 0 Å². The zero-order valence-electron chi connectivity index (χ0n) is 15.8. The van der Waals surface area contributed by atoms with Crippen LogP contribution in [0.25, 0.3) is 28.4 Å². The summed E-state index contributed by atoms with van der Waals surface area (Å²) in [5.74, 6) is 1.30. The molecule has 1 aromatic heterocycles. The predicted octanol–water partition coefficient (Wildman–Crippen LogP) is 4.26. The first-order valence-electron chi connectivity index (χ1n) is 8.54. The van der Waals surface area contributed by atoms with Gasteiger partial charge in [-0.15, -0.1) is 0 Å². The molecule has 0 spiro atoms. The molecule has 0 bridgehead atoms. The molecule has 0 atom stereocenters. The van der Waals surface area contributed by atoms with Crippen LogP contribution in [-0.4, -0.2) is 24.9 Å². The fourth-order valence-corrected chi connectivity index (χ4v) is 2.82. The molecule has 0 aliphatic heterocycles. The van der Waals surface area contributed by atoms with Gasteiger partial charge >= 0.3 is 0 Å². The minimum absolute atomic E-state index is 0.215. The molecule has 0 aliphatic carbocycles. The highest BCUT2D eigenvalue weighted by molar-refractivity contribution is 5.94. The Morgan fingerprint density at radius 2 is 1.70 bits per heavy atom. The van der Waals surface area contributed by atoms with E-state index in [0.29, 0.717) is 33.8 Å². The van der Waals surface area contributed by atoms with Crippen molar-refractivity contribution in [2.24, 2.45) is 0 Å². The summed E-state index contributed by atoms with van der Waals surface area (Å²) in [7, 11) is 3.02. The lowest BCUT2D eigenvalue weighted by molar-refractivity contribution is 0.134. The van der Waals surface area contributed by atoms with Gasteiger partial charge in [0.2, 0.25) is 0 Å². The van der Waals surface area contributed by atoms with E-state index in [2.05, 4.69) is 0 Å². The highest BCUT2D eigenvalue weighted by Gasteiger charge is 2.19. The van der Waals surface area contributed by atoms with Gasteiger partial charge in [0.25, 0.3) is 0 Å². The van der Waals surface area contributed by atoms with Crippen LogP contribution >= 0.6 is 0 Å². The summed E-state index contributed by atoms with van der Waals surface area (Å²) < 4.78 is 17.0. The fourth-order valence-electron chi connectivity index (χ4n) is 2.82. The number of hydrogen-bond donors (Lipinski definition) is 1. The van der Waals surface area contributed by atoms with E-state index in [9.17, 15) is 9.90 Å². The lowest BCUT2D eigenvalue weighted by atomic mass is 10.0. The van der Waals surface area contributed by atoms with Crippen LogP contribution in [0.15, 0.2) is 57.8 Å². The van der Waals surface area contributed by atoms with Crippen molar-refractivity contribution in [3.05, 3.63) is 64.3 Å². The lowest BCUT2D eigenvalue weighted by Crippen LogP contribution is -2.13. The molecule has 0 amide bonds. The molecule has 5 nitrogen and oxygen atoms in total. The minimum atomic E-state index is -1.03. The maximum absolute atomic E-state index is 12.9. The molecule has 0 saturated heterocycles. The van der Waals surface area contributed by atoms with Crippen LogP contribution in [-0.2, 0) is 0 Å². The summed E-state index contributed by atoms with van der Waals surface area (Å²) in [5.41, 5.74) is 0.445. The second-order valence-corrected chi connectivity index (χ2v) is 6.73. The summed E-state index contributed by atoms with van der Waals surface area (Å²) in [4.78, 5) is 12.9. The van der Waals surface area contributed by atoms with Gasteiger partial charge in [-0.25, -0.2) is 0 Å². The molecule has 1 heterocycles. The molecule has 3 aromatic rings. The molecule has 5 heteroatoms. The molecule has 2 aromatic carbocycles. The fraction of sp³-hybridized carbons (Fsp3) is 0.227. The van der Waals surface area contributed by atoms with Gasteiger partial charge in [0, 0.05) is 17.7 Å². The monoisotopic (exact) mass is 366 g/mol. The Balaban J connectivity index is 2.39. The highest BCUT2D eigenvalue weighted by Crippen LogP contribution is 2.37. The first-order chi connectivity index (χ1) is 12.8. The maximum Gasteiger partial charge on any atom is 0.197 e. The molecule has 0 unspecified atom stereocenters. The summed E-state index contributed by atoms with van der Waals surface area (Å²) in [6.45, 7) is 3.32. The standard InChI is InChI=1S/C22H22O5/c1-22(2,24)11-10-15-18(25-3)13-19(26-4)20-16(23)12-17(27-21(15)20)14-8-6-5-7-9-14/h5-13,24H,1-4H3/b11-10+.